The van der Waals surface area contributed by atoms with E-state index in [0.29, 0.717) is 17.2 Å². The number of nitrogens with two attached hydrogens (primary N) is 1. The van der Waals surface area contributed by atoms with Crippen molar-refractivity contribution in [3.8, 4) is 0 Å². The Bertz CT molecular complexity index is 361. The Morgan fingerprint density at radius 3 is 3.07 bits per heavy atom. The summed E-state index contributed by atoms with van der Waals surface area (Å²) in [5.74, 6) is -0.169. The highest BCUT2D eigenvalue weighted by Gasteiger charge is 2.06. The fraction of sp³-hybridized carbons (Fsp3) is 0.250. The number of anilines is 1. The molecule has 1 heterocycles. The van der Waals surface area contributed by atoms with E-state index >= 15 is 0 Å². The van der Waals surface area contributed by atoms with E-state index < -0.39 is 0 Å². The molecule has 0 aliphatic carbocycles. The lowest BCUT2D eigenvalue weighted by molar-refractivity contribution is -0.112. The fourth-order valence-electron chi connectivity index (χ4n) is 0.777. The number of halogens is 1. The molecule has 4 nitrogen and oxygen atoms in total. The molecular weight excluding hydrogens is 266 g/mol. The van der Waals surface area contributed by atoms with Crippen LogP contribution in [-0.4, -0.2) is 17.4 Å². The van der Waals surface area contributed by atoms with E-state index in [4.69, 9.17) is 5.73 Å². The number of hydrogen-bond donors (Lipinski definition) is 2. The lowest BCUT2D eigenvalue weighted by Gasteiger charge is -2.00. The molecular formula is C8H10BrN3OS. The molecule has 0 aliphatic rings. The van der Waals surface area contributed by atoms with Gasteiger partial charge in [-0.05, 0) is 22.9 Å². The summed E-state index contributed by atoms with van der Waals surface area (Å²) in [5, 5.41) is 3.24. The molecule has 0 unspecified atom stereocenters. The number of nitrogens with zero attached hydrogens (tertiary/aromatic N) is 1. The first-order chi connectivity index (χ1) is 6.63. The third-order valence-corrected chi connectivity index (χ3v) is 2.87. The SMILES string of the molecule is C/C(=C/CN)C(=O)Nc1ncc(Br)s1. The van der Waals surface area contributed by atoms with Crippen LogP contribution in [0.2, 0.25) is 0 Å². The van der Waals surface area contributed by atoms with Crippen molar-refractivity contribution in [2.45, 2.75) is 6.92 Å². The predicted octanol–water partition coefficient (Wildman–Crippen LogP) is 1.75. The van der Waals surface area contributed by atoms with Gasteiger partial charge in [-0.1, -0.05) is 17.4 Å². The predicted molar refractivity (Wildman–Crippen MR) is 61.3 cm³/mol. The summed E-state index contributed by atoms with van der Waals surface area (Å²) in [4.78, 5) is 15.4. The summed E-state index contributed by atoms with van der Waals surface area (Å²) in [7, 11) is 0. The zero-order chi connectivity index (χ0) is 10.6. The van der Waals surface area contributed by atoms with E-state index in [1.165, 1.54) is 11.3 Å². The van der Waals surface area contributed by atoms with Gasteiger partial charge in [-0.15, -0.1) is 0 Å². The number of rotatable bonds is 3. The average molecular weight is 276 g/mol. The Balaban J connectivity index is 2.61. The average Bonchev–Trinajstić information content (AvgIpc) is 2.51. The van der Waals surface area contributed by atoms with Crippen molar-refractivity contribution in [2.75, 3.05) is 11.9 Å². The summed E-state index contributed by atoms with van der Waals surface area (Å²) in [6, 6.07) is 0. The first kappa shape index (κ1) is 11.4. The molecule has 1 aromatic heterocycles. The molecule has 0 atom stereocenters. The molecule has 0 fully saturated rings. The largest absolute Gasteiger partial charge is 0.327 e. The van der Waals surface area contributed by atoms with Crippen LogP contribution in [0.25, 0.3) is 0 Å². The second-order valence-electron chi connectivity index (χ2n) is 2.55. The Kier molecular flexibility index (Phi) is 4.24. The number of nitrogens with one attached hydrogen (secondary N) is 1. The van der Waals surface area contributed by atoms with Crippen LogP contribution in [0.5, 0.6) is 0 Å². The highest BCUT2D eigenvalue weighted by Crippen LogP contribution is 2.23. The number of thiazole rings is 1. The number of amides is 1. The molecule has 1 amide bonds. The van der Waals surface area contributed by atoms with Crippen LogP contribution in [0.4, 0.5) is 5.13 Å². The van der Waals surface area contributed by atoms with Gasteiger partial charge in [0.1, 0.15) is 0 Å². The van der Waals surface area contributed by atoms with Gasteiger partial charge in [0.2, 0.25) is 0 Å². The normalized spacial score (nSPS) is 11.5. The van der Waals surface area contributed by atoms with Gasteiger partial charge in [-0.3, -0.25) is 10.1 Å². The minimum Gasteiger partial charge on any atom is -0.327 e. The van der Waals surface area contributed by atoms with Gasteiger partial charge in [0.05, 0.1) is 9.98 Å². The lowest BCUT2D eigenvalue weighted by atomic mass is 10.2. The van der Waals surface area contributed by atoms with Crippen molar-refractivity contribution in [1.82, 2.24) is 4.98 Å². The lowest BCUT2D eigenvalue weighted by Crippen LogP contribution is -2.13. The van der Waals surface area contributed by atoms with Crippen molar-refractivity contribution in [1.29, 1.82) is 0 Å². The smallest absolute Gasteiger partial charge is 0.252 e. The summed E-state index contributed by atoms with van der Waals surface area (Å²) in [5.41, 5.74) is 5.88. The van der Waals surface area contributed by atoms with Gasteiger partial charge >= 0.3 is 0 Å². The molecule has 0 aromatic carbocycles. The second-order valence-corrected chi connectivity index (χ2v) is 4.96. The zero-order valence-electron chi connectivity index (χ0n) is 7.58. The van der Waals surface area contributed by atoms with Crippen LogP contribution in [0.3, 0.4) is 0 Å². The van der Waals surface area contributed by atoms with E-state index in [1.54, 1.807) is 19.2 Å². The zero-order valence-corrected chi connectivity index (χ0v) is 9.98. The van der Waals surface area contributed by atoms with Crippen molar-refractivity contribution in [2.24, 2.45) is 5.73 Å². The van der Waals surface area contributed by atoms with Gasteiger partial charge in [-0.25, -0.2) is 4.98 Å². The van der Waals surface area contributed by atoms with Crippen LogP contribution < -0.4 is 11.1 Å². The van der Waals surface area contributed by atoms with E-state index in [9.17, 15) is 4.79 Å². The van der Waals surface area contributed by atoms with Crippen molar-refractivity contribution in [3.63, 3.8) is 0 Å². The maximum Gasteiger partial charge on any atom is 0.252 e. The molecule has 3 N–H and O–H groups in total. The molecule has 0 bridgehead atoms. The second kappa shape index (κ2) is 5.23. The minimum atomic E-state index is -0.169. The maximum atomic E-state index is 11.4. The molecule has 0 radical (unpaired) electrons. The molecule has 0 saturated carbocycles. The van der Waals surface area contributed by atoms with Crippen molar-refractivity contribution < 1.29 is 4.79 Å². The maximum absolute atomic E-state index is 11.4. The van der Waals surface area contributed by atoms with Crippen molar-refractivity contribution in [3.05, 3.63) is 21.6 Å². The molecule has 14 heavy (non-hydrogen) atoms. The van der Waals surface area contributed by atoms with Gasteiger partial charge in [0.25, 0.3) is 5.91 Å². The molecule has 76 valence electrons. The van der Waals surface area contributed by atoms with E-state index in [-0.39, 0.29) is 5.91 Å². The van der Waals surface area contributed by atoms with Gasteiger partial charge < -0.3 is 5.73 Å². The van der Waals surface area contributed by atoms with Crippen LogP contribution in [-0.2, 0) is 4.79 Å². The van der Waals surface area contributed by atoms with Gasteiger partial charge in [0.15, 0.2) is 5.13 Å². The summed E-state index contributed by atoms with van der Waals surface area (Å²) >= 11 is 4.63. The summed E-state index contributed by atoms with van der Waals surface area (Å²) in [6.07, 6.45) is 3.31. The first-order valence-corrected chi connectivity index (χ1v) is 5.54. The number of carbonyl (C=O) groups is 1. The number of hydrogen-bond acceptors (Lipinski definition) is 4. The number of carbonyl (C=O) groups excluding carboxylic acids is 1. The van der Waals surface area contributed by atoms with Gasteiger partial charge in [-0.2, -0.15) is 0 Å². The monoisotopic (exact) mass is 275 g/mol. The Morgan fingerprint density at radius 1 is 1.86 bits per heavy atom. The first-order valence-electron chi connectivity index (χ1n) is 3.93. The quantitative estimate of drug-likeness (QED) is 0.826. The third-order valence-electron chi connectivity index (χ3n) is 1.48. The molecule has 1 aromatic rings. The molecule has 0 spiro atoms. The molecule has 0 aliphatic heterocycles. The highest BCUT2D eigenvalue weighted by molar-refractivity contribution is 9.11. The Labute approximate surface area is 94.3 Å². The van der Waals surface area contributed by atoms with Gasteiger partial charge in [0, 0.05) is 12.1 Å². The Hall–Kier alpha value is -0.720. The highest BCUT2D eigenvalue weighted by atomic mass is 79.9. The standard InChI is InChI=1S/C8H10BrN3OS/c1-5(2-3-10)7(13)12-8-11-4-6(9)14-8/h2,4H,3,10H2,1H3,(H,11,12,13)/b5-2-. The van der Waals surface area contributed by atoms with Crippen LogP contribution in [0.15, 0.2) is 21.6 Å². The molecule has 1 rings (SSSR count). The minimum absolute atomic E-state index is 0.169. The Morgan fingerprint density at radius 2 is 2.57 bits per heavy atom. The number of aromatic nitrogens is 1. The van der Waals surface area contributed by atoms with Crippen molar-refractivity contribution >= 4 is 38.3 Å². The van der Waals surface area contributed by atoms with Crippen LogP contribution >= 0.6 is 27.3 Å². The van der Waals surface area contributed by atoms with Crippen LogP contribution in [0, 0.1) is 0 Å². The van der Waals surface area contributed by atoms with E-state index in [2.05, 4.69) is 26.2 Å². The summed E-state index contributed by atoms with van der Waals surface area (Å²) in [6.45, 7) is 2.08. The molecule has 0 saturated heterocycles. The topological polar surface area (TPSA) is 68.0 Å². The summed E-state index contributed by atoms with van der Waals surface area (Å²) < 4.78 is 0.883. The fourth-order valence-corrected chi connectivity index (χ4v) is 1.88. The third kappa shape index (κ3) is 3.21. The van der Waals surface area contributed by atoms with Crippen LogP contribution in [0.1, 0.15) is 6.92 Å². The van der Waals surface area contributed by atoms with E-state index in [1.807, 2.05) is 0 Å². The molecule has 6 heteroatoms. The van der Waals surface area contributed by atoms with E-state index in [0.717, 1.165) is 3.79 Å².